The number of hydrogen-bond acceptors (Lipinski definition) is 4. The summed E-state index contributed by atoms with van der Waals surface area (Å²) >= 11 is 6.09. The molecule has 0 aliphatic carbocycles. The molecule has 2 heterocycles. The van der Waals surface area contributed by atoms with E-state index < -0.39 is 0 Å². The normalized spacial score (nSPS) is 20.9. The smallest absolute Gasteiger partial charge is 0.242 e. The van der Waals surface area contributed by atoms with E-state index in [9.17, 15) is 9.90 Å². The molecule has 0 bridgehead atoms. The second kappa shape index (κ2) is 7.41. The number of aliphatic hydroxyl groups is 1. The van der Waals surface area contributed by atoms with Gasteiger partial charge in [0.25, 0.3) is 0 Å². The second-order valence-electron chi connectivity index (χ2n) is 6.13. The van der Waals surface area contributed by atoms with Crippen molar-refractivity contribution < 1.29 is 14.6 Å². The molecule has 1 aromatic rings. The van der Waals surface area contributed by atoms with E-state index in [0.29, 0.717) is 31.1 Å². The minimum atomic E-state index is 0.121. The van der Waals surface area contributed by atoms with E-state index in [1.807, 2.05) is 21.9 Å². The Morgan fingerprint density at radius 1 is 1.35 bits per heavy atom. The van der Waals surface area contributed by atoms with Gasteiger partial charge < -0.3 is 19.6 Å². The number of hydrogen-bond donors (Lipinski definition) is 1. The van der Waals surface area contributed by atoms with Crippen molar-refractivity contribution in [3.8, 4) is 5.75 Å². The third-order valence-electron chi connectivity index (χ3n) is 4.62. The molecule has 2 aliphatic heterocycles. The number of fused-ring (bicyclic) bond motifs is 1. The first-order chi connectivity index (χ1) is 11.2. The van der Waals surface area contributed by atoms with Crippen molar-refractivity contribution in [2.45, 2.75) is 31.7 Å². The van der Waals surface area contributed by atoms with Gasteiger partial charge in [-0.15, -0.1) is 0 Å². The number of benzene rings is 1. The van der Waals surface area contributed by atoms with Crippen LogP contribution in [-0.2, 0) is 4.79 Å². The van der Waals surface area contributed by atoms with Crippen molar-refractivity contribution in [1.29, 1.82) is 0 Å². The maximum Gasteiger partial charge on any atom is 0.242 e. The van der Waals surface area contributed by atoms with Crippen LogP contribution in [0.5, 0.6) is 5.75 Å². The number of nitrogens with zero attached hydrogens (tertiary/aromatic N) is 2. The zero-order chi connectivity index (χ0) is 16.2. The van der Waals surface area contributed by atoms with Crippen molar-refractivity contribution in [2.24, 2.45) is 0 Å². The molecule has 5 nitrogen and oxygen atoms in total. The average Bonchev–Trinajstić information content (AvgIpc) is 2.56. The number of rotatable bonds is 4. The molecule has 0 saturated carbocycles. The van der Waals surface area contributed by atoms with E-state index in [2.05, 4.69) is 0 Å². The van der Waals surface area contributed by atoms with Crippen LogP contribution in [0.4, 0.5) is 5.69 Å². The van der Waals surface area contributed by atoms with Gasteiger partial charge in [-0.3, -0.25) is 4.79 Å². The monoisotopic (exact) mass is 338 g/mol. The van der Waals surface area contributed by atoms with Gasteiger partial charge in [-0.25, -0.2) is 0 Å². The summed E-state index contributed by atoms with van der Waals surface area (Å²) < 4.78 is 5.64. The summed E-state index contributed by atoms with van der Waals surface area (Å²) in [5, 5.41) is 9.86. The topological polar surface area (TPSA) is 53.0 Å². The van der Waals surface area contributed by atoms with E-state index in [0.717, 1.165) is 37.2 Å². The number of carbonyl (C=O) groups is 1. The molecule has 1 fully saturated rings. The maximum absolute atomic E-state index is 12.8. The maximum atomic E-state index is 12.8. The van der Waals surface area contributed by atoms with Crippen LogP contribution in [0.1, 0.15) is 25.7 Å². The number of anilines is 1. The second-order valence-corrected chi connectivity index (χ2v) is 6.57. The molecule has 0 radical (unpaired) electrons. The van der Waals surface area contributed by atoms with Crippen molar-refractivity contribution in [1.82, 2.24) is 4.90 Å². The summed E-state index contributed by atoms with van der Waals surface area (Å²) in [7, 11) is 0. The number of piperidine rings is 1. The largest absolute Gasteiger partial charge is 0.490 e. The summed E-state index contributed by atoms with van der Waals surface area (Å²) in [5.41, 5.74) is 0.882. The van der Waals surface area contributed by atoms with Crippen LogP contribution in [0.2, 0.25) is 5.02 Å². The number of amides is 1. The molecule has 0 spiro atoms. The summed E-state index contributed by atoms with van der Waals surface area (Å²) in [4.78, 5) is 16.8. The summed E-state index contributed by atoms with van der Waals surface area (Å²) in [6.45, 7) is 2.50. The lowest BCUT2D eigenvalue weighted by Crippen LogP contribution is -2.49. The lowest BCUT2D eigenvalue weighted by atomic mass is 9.99. The molecule has 126 valence electrons. The van der Waals surface area contributed by atoms with Gasteiger partial charge in [0.1, 0.15) is 12.4 Å². The minimum absolute atomic E-state index is 0.121. The fourth-order valence-corrected chi connectivity index (χ4v) is 3.61. The molecule has 2 aliphatic rings. The van der Waals surface area contributed by atoms with Gasteiger partial charge in [-0.2, -0.15) is 0 Å². The van der Waals surface area contributed by atoms with Gasteiger partial charge in [-0.05, 0) is 43.9 Å². The molecule has 3 rings (SSSR count). The predicted molar refractivity (Wildman–Crippen MR) is 90.2 cm³/mol. The summed E-state index contributed by atoms with van der Waals surface area (Å²) in [5.74, 6) is 0.898. The highest BCUT2D eigenvalue weighted by atomic mass is 35.5. The number of likely N-dealkylation sites (tertiary alicyclic amines) is 1. The molecule has 1 aromatic carbocycles. The number of halogens is 1. The molecule has 1 unspecified atom stereocenters. The van der Waals surface area contributed by atoms with Crippen LogP contribution in [-0.4, -0.2) is 54.8 Å². The molecule has 1 atom stereocenters. The average molecular weight is 339 g/mol. The first kappa shape index (κ1) is 16.4. The van der Waals surface area contributed by atoms with E-state index in [1.54, 1.807) is 6.07 Å². The highest BCUT2D eigenvalue weighted by Crippen LogP contribution is 2.34. The van der Waals surface area contributed by atoms with Gasteiger partial charge in [-0.1, -0.05) is 11.6 Å². The molecular formula is C17H23ClN2O3. The SMILES string of the molecule is O=C(CN1CCOc2ccc(Cl)cc21)N1CCCCC1CCO. The minimum Gasteiger partial charge on any atom is -0.490 e. The molecule has 0 aromatic heterocycles. The van der Waals surface area contributed by atoms with Gasteiger partial charge in [0, 0.05) is 24.2 Å². The van der Waals surface area contributed by atoms with Crippen LogP contribution in [0.25, 0.3) is 0 Å². The molecule has 1 N–H and O–H groups in total. The predicted octanol–water partition coefficient (Wildman–Crippen LogP) is 2.30. The quantitative estimate of drug-likeness (QED) is 0.915. The molecule has 23 heavy (non-hydrogen) atoms. The van der Waals surface area contributed by atoms with E-state index in [-0.39, 0.29) is 18.6 Å². The third kappa shape index (κ3) is 3.72. The molecule has 1 saturated heterocycles. The van der Waals surface area contributed by atoms with Gasteiger partial charge in [0.2, 0.25) is 5.91 Å². The Kier molecular flexibility index (Phi) is 5.28. The van der Waals surface area contributed by atoms with E-state index >= 15 is 0 Å². The number of carbonyl (C=O) groups excluding carboxylic acids is 1. The van der Waals surface area contributed by atoms with Gasteiger partial charge in [0.15, 0.2) is 0 Å². The Morgan fingerprint density at radius 3 is 3.04 bits per heavy atom. The lowest BCUT2D eigenvalue weighted by Gasteiger charge is -2.38. The standard InChI is InChI=1S/C17H23ClN2O3/c18-13-4-5-16-15(11-13)19(8-10-23-16)12-17(22)20-7-2-1-3-14(20)6-9-21/h4-5,11,14,21H,1-3,6-10,12H2. The highest BCUT2D eigenvalue weighted by Gasteiger charge is 2.29. The fourth-order valence-electron chi connectivity index (χ4n) is 3.44. The molecular weight excluding hydrogens is 316 g/mol. The highest BCUT2D eigenvalue weighted by molar-refractivity contribution is 6.31. The number of ether oxygens (including phenoxy) is 1. The van der Waals surface area contributed by atoms with Crippen molar-refractivity contribution in [3.63, 3.8) is 0 Å². The Balaban J connectivity index is 1.72. The van der Waals surface area contributed by atoms with Crippen LogP contribution >= 0.6 is 11.6 Å². The zero-order valence-corrected chi connectivity index (χ0v) is 14.0. The van der Waals surface area contributed by atoms with Crippen LogP contribution < -0.4 is 9.64 Å². The Bertz CT molecular complexity index is 565. The Hall–Kier alpha value is -1.46. The molecule has 6 heteroatoms. The fraction of sp³-hybridized carbons (Fsp3) is 0.588. The lowest BCUT2D eigenvalue weighted by molar-refractivity contribution is -0.133. The third-order valence-corrected chi connectivity index (χ3v) is 4.85. The number of aliphatic hydroxyl groups excluding tert-OH is 1. The Morgan fingerprint density at radius 2 is 2.22 bits per heavy atom. The van der Waals surface area contributed by atoms with Crippen molar-refractivity contribution in [2.75, 3.05) is 37.7 Å². The van der Waals surface area contributed by atoms with Crippen LogP contribution in [0, 0.1) is 0 Å². The van der Waals surface area contributed by atoms with Crippen molar-refractivity contribution >= 4 is 23.2 Å². The summed E-state index contributed by atoms with van der Waals surface area (Å²) in [6.07, 6.45) is 3.82. The van der Waals surface area contributed by atoms with Crippen LogP contribution in [0.15, 0.2) is 18.2 Å². The van der Waals surface area contributed by atoms with Gasteiger partial charge in [0.05, 0.1) is 18.8 Å². The first-order valence-corrected chi connectivity index (χ1v) is 8.64. The zero-order valence-electron chi connectivity index (χ0n) is 13.2. The summed E-state index contributed by atoms with van der Waals surface area (Å²) in [6, 6.07) is 5.67. The van der Waals surface area contributed by atoms with Gasteiger partial charge >= 0.3 is 0 Å². The van der Waals surface area contributed by atoms with Crippen LogP contribution in [0.3, 0.4) is 0 Å². The first-order valence-electron chi connectivity index (χ1n) is 8.26. The van der Waals surface area contributed by atoms with E-state index in [4.69, 9.17) is 16.3 Å². The van der Waals surface area contributed by atoms with E-state index in [1.165, 1.54) is 0 Å². The molecule has 1 amide bonds. The van der Waals surface area contributed by atoms with Crippen molar-refractivity contribution in [3.05, 3.63) is 23.2 Å². The Labute approximate surface area is 141 Å².